The Balaban J connectivity index is 2.19. The van der Waals surface area contributed by atoms with Gasteiger partial charge >= 0.3 is 0 Å². The third kappa shape index (κ3) is 2.78. The van der Waals surface area contributed by atoms with Crippen molar-refractivity contribution >= 4 is 5.82 Å². The van der Waals surface area contributed by atoms with Crippen LogP contribution in [0.1, 0.15) is 26.7 Å². The van der Waals surface area contributed by atoms with Gasteiger partial charge in [-0.15, -0.1) is 0 Å². The number of nitrogens with one attached hydrogen (secondary N) is 1. The van der Waals surface area contributed by atoms with Crippen LogP contribution in [-0.4, -0.2) is 24.2 Å². The van der Waals surface area contributed by atoms with Crippen LogP contribution in [0.3, 0.4) is 0 Å². The van der Waals surface area contributed by atoms with Crippen molar-refractivity contribution in [3.8, 4) is 11.5 Å². The van der Waals surface area contributed by atoms with Crippen molar-refractivity contribution in [1.82, 2.24) is 4.98 Å². The van der Waals surface area contributed by atoms with Gasteiger partial charge in [0.25, 0.3) is 0 Å². The van der Waals surface area contributed by atoms with Crippen molar-refractivity contribution in [2.75, 3.05) is 12.4 Å². The normalized spacial score (nSPS) is 15.0. The quantitative estimate of drug-likeness (QED) is 0.831. The summed E-state index contributed by atoms with van der Waals surface area (Å²) in [7, 11) is 1.84. The standard InChI is InChI=1S/C12H18N2O2/c1-8(2)15-11-7-14-12(13-3)6-10(11)16-9-4-5-9/h6-9H,4-5H2,1-3H3,(H,13,14). The average Bonchev–Trinajstić information content (AvgIpc) is 3.04. The van der Waals surface area contributed by atoms with Crippen LogP contribution in [0.2, 0.25) is 0 Å². The molecule has 16 heavy (non-hydrogen) atoms. The molecule has 1 aromatic rings. The van der Waals surface area contributed by atoms with Gasteiger partial charge in [0.15, 0.2) is 11.5 Å². The highest BCUT2D eigenvalue weighted by molar-refractivity contribution is 5.48. The lowest BCUT2D eigenvalue weighted by Crippen LogP contribution is -2.09. The summed E-state index contributed by atoms with van der Waals surface area (Å²) in [6.45, 7) is 3.99. The molecule has 0 amide bonds. The number of aromatic nitrogens is 1. The Morgan fingerprint density at radius 3 is 2.69 bits per heavy atom. The summed E-state index contributed by atoms with van der Waals surface area (Å²) in [5, 5.41) is 2.99. The van der Waals surface area contributed by atoms with Gasteiger partial charge in [-0.3, -0.25) is 0 Å². The lowest BCUT2D eigenvalue weighted by atomic mass is 10.3. The van der Waals surface area contributed by atoms with E-state index in [0.717, 1.165) is 30.2 Å². The Bertz CT molecular complexity index is 362. The molecule has 1 heterocycles. The minimum absolute atomic E-state index is 0.129. The molecule has 0 radical (unpaired) electrons. The molecule has 1 aromatic heterocycles. The van der Waals surface area contributed by atoms with E-state index in [1.54, 1.807) is 6.20 Å². The molecule has 0 unspecified atom stereocenters. The van der Waals surface area contributed by atoms with Gasteiger partial charge in [-0.05, 0) is 26.7 Å². The molecule has 0 aliphatic heterocycles. The Morgan fingerprint density at radius 1 is 1.38 bits per heavy atom. The van der Waals surface area contributed by atoms with Gasteiger partial charge in [-0.1, -0.05) is 0 Å². The lowest BCUT2D eigenvalue weighted by Gasteiger charge is -2.15. The van der Waals surface area contributed by atoms with E-state index in [1.165, 1.54) is 0 Å². The summed E-state index contributed by atoms with van der Waals surface area (Å²) in [6, 6.07) is 1.88. The highest BCUT2D eigenvalue weighted by atomic mass is 16.5. The molecule has 0 bridgehead atoms. The van der Waals surface area contributed by atoms with Gasteiger partial charge < -0.3 is 14.8 Å². The molecule has 0 atom stereocenters. The fourth-order valence-electron chi connectivity index (χ4n) is 1.36. The topological polar surface area (TPSA) is 43.4 Å². The zero-order chi connectivity index (χ0) is 11.5. The zero-order valence-electron chi connectivity index (χ0n) is 9.99. The van der Waals surface area contributed by atoms with E-state index in [4.69, 9.17) is 9.47 Å². The van der Waals surface area contributed by atoms with Crippen molar-refractivity contribution in [1.29, 1.82) is 0 Å². The van der Waals surface area contributed by atoms with Crippen LogP contribution >= 0.6 is 0 Å². The molecule has 0 aromatic carbocycles. The van der Waals surface area contributed by atoms with Crippen molar-refractivity contribution in [2.45, 2.75) is 38.9 Å². The smallest absolute Gasteiger partial charge is 0.179 e. The maximum atomic E-state index is 5.79. The molecular weight excluding hydrogens is 204 g/mol. The zero-order valence-corrected chi connectivity index (χ0v) is 9.99. The first-order valence-electron chi connectivity index (χ1n) is 5.70. The Kier molecular flexibility index (Phi) is 3.17. The highest BCUT2D eigenvalue weighted by Gasteiger charge is 2.25. The summed E-state index contributed by atoms with van der Waals surface area (Å²) < 4.78 is 11.5. The molecule has 4 heteroatoms. The van der Waals surface area contributed by atoms with Crippen molar-refractivity contribution in [2.24, 2.45) is 0 Å². The number of rotatable bonds is 5. The number of pyridine rings is 1. The van der Waals surface area contributed by atoms with Crippen LogP contribution in [0.15, 0.2) is 12.3 Å². The largest absolute Gasteiger partial charge is 0.486 e. The summed E-state index contributed by atoms with van der Waals surface area (Å²) in [5.41, 5.74) is 0. The van der Waals surface area contributed by atoms with E-state index in [0.29, 0.717) is 6.10 Å². The third-order valence-corrected chi connectivity index (χ3v) is 2.27. The SMILES string of the molecule is CNc1cc(OC2CC2)c(OC(C)C)cn1. The molecular formula is C12H18N2O2. The van der Waals surface area contributed by atoms with Gasteiger partial charge in [0.2, 0.25) is 0 Å². The fourth-order valence-corrected chi connectivity index (χ4v) is 1.36. The average molecular weight is 222 g/mol. The minimum Gasteiger partial charge on any atom is -0.486 e. The van der Waals surface area contributed by atoms with Crippen LogP contribution in [0.4, 0.5) is 5.82 Å². The van der Waals surface area contributed by atoms with Crippen molar-refractivity contribution in [3.05, 3.63) is 12.3 Å². The molecule has 1 fully saturated rings. The molecule has 4 nitrogen and oxygen atoms in total. The maximum Gasteiger partial charge on any atom is 0.179 e. The number of hydrogen-bond donors (Lipinski definition) is 1. The molecule has 1 aliphatic carbocycles. The number of nitrogens with zero attached hydrogens (tertiary/aromatic N) is 1. The van der Waals surface area contributed by atoms with Gasteiger partial charge in [-0.25, -0.2) is 4.98 Å². The lowest BCUT2D eigenvalue weighted by molar-refractivity contribution is 0.217. The van der Waals surface area contributed by atoms with E-state index < -0.39 is 0 Å². The molecule has 88 valence electrons. The summed E-state index contributed by atoms with van der Waals surface area (Å²) in [5.74, 6) is 2.31. The van der Waals surface area contributed by atoms with Gasteiger partial charge in [-0.2, -0.15) is 0 Å². The fraction of sp³-hybridized carbons (Fsp3) is 0.583. The number of hydrogen-bond acceptors (Lipinski definition) is 4. The van der Waals surface area contributed by atoms with E-state index in [9.17, 15) is 0 Å². The predicted octanol–water partition coefficient (Wildman–Crippen LogP) is 2.45. The van der Waals surface area contributed by atoms with Crippen LogP contribution in [0, 0.1) is 0 Å². The highest BCUT2D eigenvalue weighted by Crippen LogP contribution is 2.34. The second-order valence-corrected chi connectivity index (χ2v) is 4.25. The third-order valence-electron chi connectivity index (χ3n) is 2.27. The molecule has 0 spiro atoms. The molecule has 1 N–H and O–H groups in total. The summed E-state index contributed by atoms with van der Waals surface area (Å²) in [4.78, 5) is 4.22. The molecule has 1 aliphatic rings. The molecule has 0 saturated heterocycles. The Morgan fingerprint density at radius 2 is 2.12 bits per heavy atom. The first-order valence-corrected chi connectivity index (χ1v) is 5.70. The monoisotopic (exact) mass is 222 g/mol. The first-order chi connectivity index (χ1) is 7.69. The number of anilines is 1. The second-order valence-electron chi connectivity index (χ2n) is 4.25. The molecule has 2 rings (SSSR count). The number of ether oxygens (including phenoxy) is 2. The van der Waals surface area contributed by atoms with Crippen LogP contribution in [0.25, 0.3) is 0 Å². The summed E-state index contributed by atoms with van der Waals surface area (Å²) in [6.07, 6.45) is 4.48. The Hall–Kier alpha value is -1.45. The molecule has 1 saturated carbocycles. The van der Waals surface area contributed by atoms with Gasteiger partial charge in [0.1, 0.15) is 5.82 Å². The van der Waals surface area contributed by atoms with Crippen LogP contribution < -0.4 is 14.8 Å². The first kappa shape index (κ1) is 11.0. The van der Waals surface area contributed by atoms with E-state index in [-0.39, 0.29) is 6.10 Å². The van der Waals surface area contributed by atoms with Crippen LogP contribution in [-0.2, 0) is 0 Å². The van der Waals surface area contributed by atoms with E-state index in [1.807, 2.05) is 27.0 Å². The van der Waals surface area contributed by atoms with Crippen molar-refractivity contribution in [3.63, 3.8) is 0 Å². The Labute approximate surface area is 96.0 Å². The minimum atomic E-state index is 0.129. The van der Waals surface area contributed by atoms with Crippen molar-refractivity contribution < 1.29 is 9.47 Å². The maximum absolute atomic E-state index is 5.79. The van der Waals surface area contributed by atoms with Crippen LogP contribution in [0.5, 0.6) is 11.5 Å². The summed E-state index contributed by atoms with van der Waals surface area (Å²) >= 11 is 0. The van der Waals surface area contributed by atoms with E-state index in [2.05, 4.69) is 10.3 Å². The van der Waals surface area contributed by atoms with E-state index >= 15 is 0 Å². The van der Waals surface area contributed by atoms with Gasteiger partial charge in [0, 0.05) is 13.1 Å². The van der Waals surface area contributed by atoms with Gasteiger partial charge in [0.05, 0.1) is 18.4 Å². The second kappa shape index (κ2) is 4.60. The predicted molar refractivity (Wildman–Crippen MR) is 63.2 cm³/mol.